The fourth-order valence-electron chi connectivity index (χ4n) is 1.09. The molecule has 0 unspecified atom stereocenters. The first-order valence-corrected chi connectivity index (χ1v) is 5.96. The molecule has 0 aliphatic rings. The third-order valence-corrected chi connectivity index (χ3v) is 3.04. The average molecular weight is 211 g/mol. The standard InChI is InChI=1S/C11H17NOS/c12-11(8-13)6-7-14-9-10-4-2-1-3-5-10/h1-5,11,13H,6-9,12H2/t11-/m0/s1. The van der Waals surface area contributed by atoms with Crippen LogP contribution in [0.25, 0.3) is 0 Å². The minimum absolute atomic E-state index is 0.0572. The van der Waals surface area contributed by atoms with Gasteiger partial charge in [-0.2, -0.15) is 11.8 Å². The maximum absolute atomic E-state index is 8.72. The van der Waals surface area contributed by atoms with Crippen molar-refractivity contribution in [3.8, 4) is 0 Å². The molecule has 3 N–H and O–H groups in total. The first kappa shape index (κ1) is 11.6. The number of aliphatic hydroxyl groups excluding tert-OH is 1. The Bertz CT molecular complexity index is 240. The molecule has 0 amide bonds. The highest BCUT2D eigenvalue weighted by Crippen LogP contribution is 2.12. The lowest BCUT2D eigenvalue weighted by atomic mass is 10.2. The van der Waals surface area contributed by atoms with Gasteiger partial charge in [-0.3, -0.25) is 0 Å². The van der Waals surface area contributed by atoms with Crippen LogP contribution in [0.5, 0.6) is 0 Å². The Morgan fingerprint density at radius 1 is 1.29 bits per heavy atom. The molecule has 0 heterocycles. The second-order valence-corrected chi connectivity index (χ2v) is 4.37. The van der Waals surface area contributed by atoms with Crippen LogP contribution >= 0.6 is 11.8 Å². The van der Waals surface area contributed by atoms with Gasteiger partial charge in [0, 0.05) is 11.8 Å². The molecule has 78 valence electrons. The van der Waals surface area contributed by atoms with E-state index in [0.29, 0.717) is 0 Å². The van der Waals surface area contributed by atoms with Crippen molar-refractivity contribution >= 4 is 11.8 Å². The lowest BCUT2D eigenvalue weighted by molar-refractivity contribution is 0.264. The number of nitrogens with two attached hydrogens (primary N) is 1. The molecule has 2 nitrogen and oxygen atoms in total. The van der Waals surface area contributed by atoms with Crippen LogP contribution in [0.15, 0.2) is 30.3 Å². The summed E-state index contributed by atoms with van der Waals surface area (Å²) in [5, 5.41) is 8.72. The quantitative estimate of drug-likeness (QED) is 0.703. The van der Waals surface area contributed by atoms with Gasteiger partial charge in [-0.15, -0.1) is 0 Å². The van der Waals surface area contributed by atoms with Gasteiger partial charge in [0.15, 0.2) is 0 Å². The Balaban J connectivity index is 2.10. The first-order chi connectivity index (χ1) is 6.83. The van der Waals surface area contributed by atoms with Crippen LogP contribution in [-0.4, -0.2) is 23.5 Å². The number of thioether (sulfide) groups is 1. The van der Waals surface area contributed by atoms with E-state index in [9.17, 15) is 0 Å². The minimum Gasteiger partial charge on any atom is -0.395 e. The predicted molar refractivity (Wildman–Crippen MR) is 62.3 cm³/mol. The Hall–Kier alpha value is -0.510. The number of hydrogen-bond acceptors (Lipinski definition) is 3. The molecule has 0 saturated heterocycles. The summed E-state index contributed by atoms with van der Waals surface area (Å²) >= 11 is 1.86. The zero-order valence-electron chi connectivity index (χ0n) is 8.23. The fraction of sp³-hybridized carbons (Fsp3) is 0.455. The van der Waals surface area contributed by atoms with E-state index in [4.69, 9.17) is 10.8 Å². The smallest absolute Gasteiger partial charge is 0.0582 e. The van der Waals surface area contributed by atoms with Gasteiger partial charge in [0.1, 0.15) is 0 Å². The average Bonchev–Trinajstić information content (AvgIpc) is 2.25. The van der Waals surface area contributed by atoms with E-state index in [1.165, 1.54) is 5.56 Å². The summed E-state index contributed by atoms with van der Waals surface area (Å²) in [4.78, 5) is 0. The second-order valence-electron chi connectivity index (χ2n) is 3.27. The van der Waals surface area contributed by atoms with Crippen molar-refractivity contribution in [1.29, 1.82) is 0 Å². The van der Waals surface area contributed by atoms with E-state index < -0.39 is 0 Å². The number of benzene rings is 1. The number of aliphatic hydroxyl groups is 1. The molecular formula is C11H17NOS. The van der Waals surface area contributed by atoms with Gasteiger partial charge < -0.3 is 10.8 Å². The Labute approximate surface area is 89.5 Å². The van der Waals surface area contributed by atoms with Gasteiger partial charge in [-0.05, 0) is 17.7 Å². The summed E-state index contributed by atoms with van der Waals surface area (Å²) in [5.74, 6) is 2.04. The van der Waals surface area contributed by atoms with Crippen molar-refractivity contribution < 1.29 is 5.11 Å². The predicted octanol–water partition coefficient (Wildman–Crippen LogP) is 1.63. The topological polar surface area (TPSA) is 46.2 Å². The van der Waals surface area contributed by atoms with E-state index in [-0.39, 0.29) is 12.6 Å². The minimum atomic E-state index is -0.0572. The normalized spacial score (nSPS) is 12.7. The third kappa shape index (κ3) is 4.65. The SMILES string of the molecule is N[C@H](CO)CCSCc1ccccc1. The van der Waals surface area contributed by atoms with Crippen LogP contribution in [0.2, 0.25) is 0 Å². The molecular weight excluding hydrogens is 194 g/mol. The molecule has 0 saturated carbocycles. The maximum Gasteiger partial charge on any atom is 0.0582 e. The van der Waals surface area contributed by atoms with Gasteiger partial charge in [-0.1, -0.05) is 30.3 Å². The van der Waals surface area contributed by atoms with Crippen molar-refractivity contribution in [1.82, 2.24) is 0 Å². The van der Waals surface area contributed by atoms with Crippen LogP contribution < -0.4 is 5.73 Å². The van der Waals surface area contributed by atoms with Gasteiger partial charge in [0.25, 0.3) is 0 Å². The number of rotatable bonds is 6. The highest BCUT2D eigenvalue weighted by Gasteiger charge is 1.99. The van der Waals surface area contributed by atoms with Crippen LogP contribution in [0.3, 0.4) is 0 Å². The van der Waals surface area contributed by atoms with Crippen LogP contribution in [0.1, 0.15) is 12.0 Å². The summed E-state index contributed by atoms with van der Waals surface area (Å²) in [6.07, 6.45) is 0.883. The summed E-state index contributed by atoms with van der Waals surface area (Å²) in [6.45, 7) is 0.0892. The molecule has 0 aromatic heterocycles. The van der Waals surface area contributed by atoms with Gasteiger partial charge >= 0.3 is 0 Å². The monoisotopic (exact) mass is 211 g/mol. The third-order valence-electron chi connectivity index (χ3n) is 1.98. The summed E-state index contributed by atoms with van der Waals surface area (Å²) in [7, 11) is 0. The van der Waals surface area contributed by atoms with E-state index in [0.717, 1.165) is 17.9 Å². The highest BCUT2D eigenvalue weighted by atomic mass is 32.2. The molecule has 0 fully saturated rings. The zero-order chi connectivity index (χ0) is 10.2. The molecule has 3 heteroatoms. The molecule has 14 heavy (non-hydrogen) atoms. The Morgan fingerprint density at radius 3 is 2.64 bits per heavy atom. The van der Waals surface area contributed by atoms with Gasteiger partial charge in [-0.25, -0.2) is 0 Å². The molecule has 0 aliphatic heterocycles. The fourth-order valence-corrected chi connectivity index (χ4v) is 2.13. The van der Waals surface area contributed by atoms with Gasteiger partial charge in [0.2, 0.25) is 0 Å². The van der Waals surface area contributed by atoms with Crippen molar-refractivity contribution in [2.24, 2.45) is 5.73 Å². The molecule has 0 radical (unpaired) electrons. The van der Waals surface area contributed by atoms with Crippen molar-refractivity contribution in [2.75, 3.05) is 12.4 Å². The van der Waals surface area contributed by atoms with E-state index in [1.807, 2.05) is 17.8 Å². The lowest BCUT2D eigenvalue weighted by Gasteiger charge is -2.06. The van der Waals surface area contributed by atoms with Crippen molar-refractivity contribution in [3.05, 3.63) is 35.9 Å². The van der Waals surface area contributed by atoms with E-state index >= 15 is 0 Å². The van der Waals surface area contributed by atoms with Crippen LogP contribution in [0.4, 0.5) is 0 Å². The number of hydrogen-bond donors (Lipinski definition) is 2. The Morgan fingerprint density at radius 2 is 2.00 bits per heavy atom. The molecule has 1 aromatic carbocycles. The summed E-state index contributed by atoms with van der Waals surface area (Å²) in [5.41, 5.74) is 6.93. The van der Waals surface area contributed by atoms with Crippen molar-refractivity contribution in [3.63, 3.8) is 0 Å². The van der Waals surface area contributed by atoms with Crippen molar-refractivity contribution in [2.45, 2.75) is 18.2 Å². The van der Waals surface area contributed by atoms with Crippen LogP contribution in [-0.2, 0) is 5.75 Å². The maximum atomic E-state index is 8.72. The molecule has 1 rings (SSSR count). The molecule has 0 spiro atoms. The lowest BCUT2D eigenvalue weighted by Crippen LogP contribution is -2.24. The Kier molecular flexibility index (Phi) is 5.68. The molecule has 1 aromatic rings. The zero-order valence-corrected chi connectivity index (χ0v) is 9.04. The largest absolute Gasteiger partial charge is 0.395 e. The summed E-state index contributed by atoms with van der Waals surface area (Å²) < 4.78 is 0. The van der Waals surface area contributed by atoms with Gasteiger partial charge in [0.05, 0.1) is 6.61 Å². The molecule has 0 aliphatic carbocycles. The van der Waals surface area contributed by atoms with E-state index in [2.05, 4.69) is 24.3 Å². The summed E-state index contributed by atoms with van der Waals surface area (Å²) in [6, 6.07) is 10.3. The molecule has 0 bridgehead atoms. The molecule has 1 atom stereocenters. The highest BCUT2D eigenvalue weighted by molar-refractivity contribution is 7.98. The first-order valence-electron chi connectivity index (χ1n) is 4.81. The van der Waals surface area contributed by atoms with E-state index in [1.54, 1.807) is 0 Å². The van der Waals surface area contributed by atoms with Crippen LogP contribution in [0, 0.1) is 0 Å². The second kappa shape index (κ2) is 6.87.